The summed E-state index contributed by atoms with van der Waals surface area (Å²) in [6, 6.07) is 21.5. The number of nitrogens with zero attached hydrogens (tertiary/aromatic N) is 3. The number of rotatable bonds is 7. The Kier molecular flexibility index (Phi) is 6.30. The number of Topliss-reactive ketones (excluding diaryl/α,β-unsaturated/α-hetero) is 1. The maximum absolute atomic E-state index is 13.6. The minimum atomic E-state index is -0.0823. The van der Waals surface area contributed by atoms with E-state index in [9.17, 15) is 9.59 Å². The van der Waals surface area contributed by atoms with Crippen LogP contribution < -0.4 is 5.56 Å². The first kappa shape index (κ1) is 22.5. The zero-order valence-electron chi connectivity index (χ0n) is 18.9. The predicted molar refractivity (Wildman–Crippen MR) is 140 cm³/mol. The van der Waals surface area contributed by atoms with Crippen LogP contribution in [0.15, 0.2) is 82.9 Å². The summed E-state index contributed by atoms with van der Waals surface area (Å²) in [5.74, 6) is 0.331. The minimum absolute atomic E-state index is 0.0128. The van der Waals surface area contributed by atoms with Gasteiger partial charge in [-0.3, -0.25) is 14.2 Å². The molecule has 0 aliphatic heterocycles. The lowest BCUT2D eigenvalue weighted by Gasteiger charge is -2.17. The molecule has 0 saturated heterocycles. The highest BCUT2D eigenvalue weighted by molar-refractivity contribution is 7.99. The van der Waals surface area contributed by atoms with Crippen LogP contribution in [0.1, 0.15) is 34.3 Å². The standard InChI is InChI=1S/C27H23N3O2S2/c1-17-10-12-20(13-11-17)22(31)16-33-27-29-23-21-9-6-14-28-25(21)34-24(23)26(32)30(27)15-18(2)19-7-4-3-5-8-19/h3-14,18H,15-16H2,1-2H3. The van der Waals surface area contributed by atoms with Crippen molar-refractivity contribution >= 4 is 49.3 Å². The maximum atomic E-state index is 13.6. The molecule has 7 heteroatoms. The Balaban J connectivity index is 1.55. The number of aromatic nitrogens is 3. The van der Waals surface area contributed by atoms with Gasteiger partial charge in [-0.25, -0.2) is 9.97 Å². The molecular formula is C27H23N3O2S2. The average Bonchev–Trinajstić information content (AvgIpc) is 3.24. The third-order valence-electron chi connectivity index (χ3n) is 5.85. The van der Waals surface area contributed by atoms with Gasteiger partial charge in [-0.2, -0.15) is 0 Å². The van der Waals surface area contributed by atoms with Crippen LogP contribution in [0.2, 0.25) is 0 Å². The molecule has 0 aliphatic carbocycles. The zero-order valence-corrected chi connectivity index (χ0v) is 20.5. The largest absolute Gasteiger partial charge is 0.293 e. The second-order valence-electron chi connectivity index (χ2n) is 8.34. The number of thiophene rings is 1. The molecule has 0 fully saturated rings. The van der Waals surface area contributed by atoms with E-state index in [1.54, 1.807) is 10.8 Å². The molecule has 0 saturated carbocycles. The van der Waals surface area contributed by atoms with E-state index in [1.165, 1.54) is 23.1 Å². The Morgan fingerprint density at radius 2 is 1.82 bits per heavy atom. The summed E-state index contributed by atoms with van der Waals surface area (Å²) in [7, 11) is 0. The van der Waals surface area contributed by atoms with Crippen LogP contribution in [0.5, 0.6) is 0 Å². The van der Waals surface area contributed by atoms with Crippen LogP contribution in [-0.4, -0.2) is 26.1 Å². The van der Waals surface area contributed by atoms with E-state index >= 15 is 0 Å². The van der Waals surface area contributed by atoms with E-state index in [1.807, 2.05) is 61.5 Å². The fourth-order valence-corrected chi connectivity index (χ4v) is 5.85. The SMILES string of the molecule is Cc1ccc(C(=O)CSc2nc3c(sc4ncccc43)c(=O)n2CC(C)c2ccccc2)cc1. The van der Waals surface area contributed by atoms with Crippen molar-refractivity contribution in [3.63, 3.8) is 0 Å². The van der Waals surface area contributed by atoms with Gasteiger partial charge < -0.3 is 0 Å². The van der Waals surface area contributed by atoms with Gasteiger partial charge in [0.05, 0.1) is 11.3 Å². The second kappa shape index (κ2) is 9.52. The normalized spacial score (nSPS) is 12.3. The Labute approximate surface area is 205 Å². The molecule has 3 aromatic heterocycles. The van der Waals surface area contributed by atoms with Gasteiger partial charge in [-0.15, -0.1) is 11.3 Å². The number of thioether (sulfide) groups is 1. The van der Waals surface area contributed by atoms with Gasteiger partial charge in [0.2, 0.25) is 0 Å². The van der Waals surface area contributed by atoms with Crippen molar-refractivity contribution < 1.29 is 4.79 Å². The first-order valence-corrected chi connectivity index (χ1v) is 12.9. The van der Waals surface area contributed by atoms with E-state index in [2.05, 4.69) is 24.0 Å². The lowest BCUT2D eigenvalue weighted by molar-refractivity contribution is 0.102. The van der Waals surface area contributed by atoms with Gasteiger partial charge in [0, 0.05) is 23.7 Å². The van der Waals surface area contributed by atoms with Gasteiger partial charge in [0.15, 0.2) is 10.9 Å². The number of ketones is 1. The number of carbonyl (C=O) groups excluding carboxylic acids is 1. The van der Waals surface area contributed by atoms with Crippen LogP contribution >= 0.6 is 23.1 Å². The molecule has 0 radical (unpaired) electrons. The highest BCUT2D eigenvalue weighted by Crippen LogP contribution is 2.31. The number of pyridine rings is 1. The lowest BCUT2D eigenvalue weighted by Crippen LogP contribution is -2.25. The van der Waals surface area contributed by atoms with Crippen molar-refractivity contribution in [1.29, 1.82) is 0 Å². The summed E-state index contributed by atoms with van der Waals surface area (Å²) in [5.41, 5.74) is 3.50. The molecule has 0 spiro atoms. The van der Waals surface area contributed by atoms with Crippen molar-refractivity contribution in [2.24, 2.45) is 0 Å². The van der Waals surface area contributed by atoms with E-state index in [4.69, 9.17) is 4.98 Å². The van der Waals surface area contributed by atoms with Crippen molar-refractivity contribution in [3.05, 3.63) is 100.0 Å². The van der Waals surface area contributed by atoms with E-state index in [-0.39, 0.29) is 23.0 Å². The molecule has 2 aromatic carbocycles. The molecule has 0 aliphatic rings. The maximum Gasteiger partial charge on any atom is 0.272 e. The molecule has 5 aromatic rings. The topological polar surface area (TPSA) is 64.8 Å². The molecule has 0 N–H and O–H groups in total. The fraction of sp³-hybridized carbons (Fsp3) is 0.185. The lowest BCUT2D eigenvalue weighted by atomic mass is 10.0. The van der Waals surface area contributed by atoms with Gasteiger partial charge >= 0.3 is 0 Å². The Morgan fingerprint density at radius 3 is 2.59 bits per heavy atom. The van der Waals surface area contributed by atoms with Gasteiger partial charge in [0.1, 0.15) is 9.53 Å². The molecule has 5 nitrogen and oxygen atoms in total. The van der Waals surface area contributed by atoms with Gasteiger partial charge in [-0.05, 0) is 30.5 Å². The van der Waals surface area contributed by atoms with Crippen molar-refractivity contribution in [2.45, 2.75) is 31.5 Å². The van der Waals surface area contributed by atoms with Crippen molar-refractivity contribution in [3.8, 4) is 0 Å². The highest BCUT2D eigenvalue weighted by Gasteiger charge is 2.20. The van der Waals surface area contributed by atoms with Crippen molar-refractivity contribution in [1.82, 2.24) is 14.5 Å². The Bertz CT molecular complexity index is 1540. The number of hydrogen-bond acceptors (Lipinski definition) is 6. The number of carbonyl (C=O) groups is 1. The molecule has 1 unspecified atom stereocenters. The quantitative estimate of drug-likeness (QED) is 0.158. The summed E-state index contributed by atoms with van der Waals surface area (Å²) >= 11 is 2.69. The Hall–Kier alpha value is -3.29. The van der Waals surface area contributed by atoms with E-state index in [0.717, 1.165) is 21.3 Å². The van der Waals surface area contributed by atoms with Crippen molar-refractivity contribution in [2.75, 3.05) is 5.75 Å². The summed E-state index contributed by atoms with van der Waals surface area (Å²) < 4.78 is 2.32. The third-order valence-corrected chi connectivity index (χ3v) is 7.92. The molecule has 1 atom stereocenters. The summed E-state index contributed by atoms with van der Waals surface area (Å²) in [6.45, 7) is 4.58. The molecule has 3 heterocycles. The minimum Gasteiger partial charge on any atom is -0.293 e. The summed E-state index contributed by atoms with van der Waals surface area (Å²) in [6.07, 6.45) is 1.73. The van der Waals surface area contributed by atoms with Crippen LogP contribution in [0.4, 0.5) is 0 Å². The number of fused-ring (bicyclic) bond motifs is 3. The fourth-order valence-electron chi connectivity index (χ4n) is 3.93. The predicted octanol–water partition coefficient (Wildman–Crippen LogP) is 6.09. The average molecular weight is 486 g/mol. The molecular weight excluding hydrogens is 462 g/mol. The Morgan fingerprint density at radius 1 is 1.06 bits per heavy atom. The van der Waals surface area contributed by atoms with Crippen LogP contribution in [0, 0.1) is 6.92 Å². The van der Waals surface area contributed by atoms with E-state index in [0.29, 0.717) is 27.5 Å². The first-order valence-electron chi connectivity index (χ1n) is 11.1. The van der Waals surface area contributed by atoms with Crippen LogP contribution in [0.3, 0.4) is 0 Å². The van der Waals surface area contributed by atoms with Crippen LogP contribution in [-0.2, 0) is 6.54 Å². The number of hydrogen-bond donors (Lipinski definition) is 0. The second-order valence-corrected chi connectivity index (χ2v) is 10.3. The molecule has 5 rings (SSSR count). The summed E-state index contributed by atoms with van der Waals surface area (Å²) in [4.78, 5) is 36.6. The van der Waals surface area contributed by atoms with Gasteiger partial charge in [-0.1, -0.05) is 78.8 Å². The highest BCUT2D eigenvalue weighted by atomic mass is 32.2. The third kappa shape index (κ3) is 4.41. The number of benzene rings is 2. The molecule has 34 heavy (non-hydrogen) atoms. The molecule has 0 amide bonds. The zero-order chi connectivity index (χ0) is 23.7. The molecule has 0 bridgehead atoms. The van der Waals surface area contributed by atoms with Gasteiger partial charge in [0.25, 0.3) is 5.56 Å². The number of aryl methyl sites for hydroxylation is 1. The van der Waals surface area contributed by atoms with Crippen LogP contribution in [0.25, 0.3) is 20.4 Å². The first-order chi connectivity index (χ1) is 16.5. The monoisotopic (exact) mass is 485 g/mol. The van der Waals surface area contributed by atoms with E-state index < -0.39 is 0 Å². The molecule has 170 valence electrons. The summed E-state index contributed by atoms with van der Waals surface area (Å²) in [5, 5.41) is 1.43. The smallest absolute Gasteiger partial charge is 0.272 e.